The summed E-state index contributed by atoms with van der Waals surface area (Å²) in [5.74, 6) is 1.04. The third-order valence-electron chi connectivity index (χ3n) is 3.81. The summed E-state index contributed by atoms with van der Waals surface area (Å²) in [7, 11) is 0. The van der Waals surface area contributed by atoms with E-state index in [0.717, 1.165) is 0 Å². The molecule has 1 fully saturated rings. The Labute approximate surface area is 91.4 Å². The zero-order chi connectivity index (χ0) is 10.9. The van der Waals surface area contributed by atoms with Gasteiger partial charge in [0.15, 0.2) is 0 Å². The molecule has 1 aromatic carbocycles. The fourth-order valence-corrected chi connectivity index (χ4v) is 2.76. The van der Waals surface area contributed by atoms with Crippen LogP contribution in [0.3, 0.4) is 0 Å². The molecule has 1 aromatic rings. The minimum atomic E-state index is -0.0201. The van der Waals surface area contributed by atoms with Gasteiger partial charge in [0, 0.05) is 5.41 Å². The summed E-state index contributed by atoms with van der Waals surface area (Å²) < 4.78 is 0. The second-order valence-corrected chi connectivity index (χ2v) is 4.40. The molecule has 0 unspecified atom stereocenters. The molecule has 1 saturated carbocycles. The normalized spacial score (nSPS) is 34.6. The monoisotopic (exact) mass is 202 g/mol. The molecule has 80 valence electrons. The van der Waals surface area contributed by atoms with Gasteiger partial charge in [-0.2, -0.15) is 0 Å². The number of aliphatic hydroxyl groups excluding tert-OH is 1. The van der Waals surface area contributed by atoms with E-state index in [2.05, 4.69) is 31.2 Å². The van der Waals surface area contributed by atoms with Crippen LogP contribution < -0.4 is 0 Å². The lowest BCUT2D eigenvalue weighted by atomic mass is 9.92. The van der Waals surface area contributed by atoms with Gasteiger partial charge in [-0.25, -0.2) is 0 Å². The molecule has 0 amide bonds. The molecule has 1 nitrogen and oxygen atoms in total. The molecule has 1 N–H and O–H groups in total. The first-order valence-electron chi connectivity index (χ1n) is 5.56. The number of rotatable bonds is 3. The van der Waals surface area contributed by atoms with E-state index in [-0.39, 0.29) is 12.0 Å². The third kappa shape index (κ3) is 1.42. The number of allylic oxidation sites excluding steroid dienone is 2. The highest BCUT2D eigenvalue weighted by Crippen LogP contribution is 2.60. The van der Waals surface area contributed by atoms with Crippen LogP contribution in [-0.4, -0.2) is 11.7 Å². The molecule has 1 heteroatoms. The van der Waals surface area contributed by atoms with Crippen LogP contribution in [0, 0.1) is 11.8 Å². The summed E-state index contributed by atoms with van der Waals surface area (Å²) >= 11 is 0. The fraction of sp³-hybridized carbons (Fsp3) is 0.429. The number of hydrogen-bond acceptors (Lipinski definition) is 1. The standard InChI is InChI=1S/C14H18O/c1-3-7-13-11(2)14(13,10-15)12-8-5-4-6-9-12/h3-9,11,13,15H,10H2,1-2H3/b7-3-/t11-,13+,14-/m1/s1. The molecule has 1 aliphatic carbocycles. The molecule has 0 aliphatic heterocycles. The summed E-state index contributed by atoms with van der Waals surface area (Å²) in [6, 6.07) is 10.4. The Morgan fingerprint density at radius 2 is 2.00 bits per heavy atom. The van der Waals surface area contributed by atoms with Crippen LogP contribution in [0.5, 0.6) is 0 Å². The molecule has 0 saturated heterocycles. The molecule has 0 aromatic heterocycles. The predicted octanol–water partition coefficient (Wildman–Crippen LogP) is 2.76. The van der Waals surface area contributed by atoms with Crippen molar-refractivity contribution in [2.24, 2.45) is 11.8 Å². The van der Waals surface area contributed by atoms with E-state index < -0.39 is 0 Å². The summed E-state index contributed by atoms with van der Waals surface area (Å²) in [5, 5.41) is 9.64. The fourth-order valence-electron chi connectivity index (χ4n) is 2.76. The molecule has 15 heavy (non-hydrogen) atoms. The van der Waals surface area contributed by atoms with E-state index in [0.29, 0.717) is 11.8 Å². The SMILES string of the molecule is C/C=C\[C@H]1[C@@H](C)[C@]1(CO)c1ccccc1. The van der Waals surface area contributed by atoms with Crippen molar-refractivity contribution < 1.29 is 5.11 Å². The minimum Gasteiger partial charge on any atom is -0.395 e. The highest BCUT2D eigenvalue weighted by molar-refractivity contribution is 5.39. The van der Waals surface area contributed by atoms with Crippen molar-refractivity contribution in [3.63, 3.8) is 0 Å². The van der Waals surface area contributed by atoms with Crippen molar-refractivity contribution in [3.05, 3.63) is 48.0 Å². The van der Waals surface area contributed by atoms with Crippen LogP contribution >= 0.6 is 0 Å². The average molecular weight is 202 g/mol. The third-order valence-corrected chi connectivity index (χ3v) is 3.81. The summed E-state index contributed by atoms with van der Waals surface area (Å²) in [5.41, 5.74) is 1.25. The Hall–Kier alpha value is -1.08. The first-order valence-corrected chi connectivity index (χ1v) is 5.56. The van der Waals surface area contributed by atoms with Gasteiger partial charge in [0.1, 0.15) is 0 Å². The van der Waals surface area contributed by atoms with Crippen LogP contribution in [0.2, 0.25) is 0 Å². The Bertz CT molecular complexity index is 355. The van der Waals surface area contributed by atoms with Crippen molar-refractivity contribution >= 4 is 0 Å². The first-order chi connectivity index (χ1) is 7.27. The zero-order valence-electron chi connectivity index (χ0n) is 9.35. The van der Waals surface area contributed by atoms with Crippen molar-refractivity contribution in [2.45, 2.75) is 19.3 Å². The van der Waals surface area contributed by atoms with Crippen LogP contribution in [0.15, 0.2) is 42.5 Å². The van der Waals surface area contributed by atoms with E-state index in [1.165, 1.54) is 5.56 Å². The highest BCUT2D eigenvalue weighted by Gasteiger charge is 2.60. The average Bonchev–Trinajstić information content (AvgIpc) is 2.86. The zero-order valence-corrected chi connectivity index (χ0v) is 9.35. The molecular formula is C14H18O. The van der Waals surface area contributed by atoms with Crippen LogP contribution in [0.4, 0.5) is 0 Å². The van der Waals surface area contributed by atoms with E-state index in [4.69, 9.17) is 0 Å². The van der Waals surface area contributed by atoms with Gasteiger partial charge in [0.05, 0.1) is 6.61 Å². The largest absolute Gasteiger partial charge is 0.395 e. The molecule has 3 atom stereocenters. The maximum atomic E-state index is 9.64. The van der Waals surface area contributed by atoms with Gasteiger partial charge in [0.25, 0.3) is 0 Å². The lowest BCUT2D eigenvalue weighted by Gasteiger charge is -2.14. The Balaban J connectivity index is 2.33. The van der Waals surface area contributed by atoms with E-state index in [1.807, 2.05) is 25.1 Å². The minimum absolute atomic E-state index is 0.0201. The maximum Gasteiger partial charge on any atom is 0.0536 e. The summed E-state index contributed by atoms with van der Waals surface area (Å²) in [4.78, 5) is 0. The molecule has 0 bridgehead atoms. The summed E-state index contributed by atoms with van der Waals surface area (Å²) in [6.45, 7) is 4.50. The Morgan fingerprint density at radius 3 is 2.53 bits per heavy atom. The maximum absolute atomic E-state index is 9.64. The quantitative estimate of drug-likeness (QED) is 0.747. The highest BCUT2D eigenvalue weighted by atomic mass is 16.3. The van der Waals surface area contributed by atoms with Gasteiger partial charge in [-0.3, -0.25) is 0 Å². The predicted molar refractivity (Wildman–Crippen MR) is 62.7 cm³/mol. The topological polar surface area (TPSA) is 20.2 Å². The van der Waals surface area contributed by atoms with E-state index in [9.17, 15) is 5.11 Å². The van der Waals surface area contributed by atoms with Crippen molar-refractivity contribution in [2.75, 3.05) is 6.61 Å². The molecule has 0 spiro atoms. The number of aliphatic hydroxyl groups is 1. The smallest absolute Gasteiger partial charge is 0.0536 e. The molecular weight excluding hydrogens is 184 g/mol. The summed E-state index contributed by atoms with van der Waals surface area (Å²) in [6.07, 6.45) is 4.30. The number of hydrogen-bond donors (Lipinski definition) is 1. The molecule has 0 heterocycles. The van der Waals surface area contributed by atoms with E-state index in [1.54, 1.807) is 0 Å². The van der Waals surface area contributed by atoms with Gasteiger partial charge in [0.2, 0.25) is 0 Å². The van der Waals surface area contributed by atoms with Gasteiger partial charge in [-0.1, -0.05) is 49.4 Å². The van der Waals surface area contributed by atoms with Crippen LogP contribution in [-0.2, 0) is 5.41 Å². The molecule has 0 radical (unpaired) electrons. The Kier molecular flexibility index (Phi) is 2.66. The Morgan fingerprint density at radius 1 is 1.33 bits per heavy atom. The molecule has 1 aliphatic rings. The van der Waals surface area contributed by atoms with Gasteiger partial charge >= 0.3 is 0 Å². The second-order valence-electron chi connectivity index (χ2n) is 4.40. The lowest BCUT2D eigenvalue weighted by molar-refractivity contribution is 0.243. The van der Waals surface area contributed by atoms with Gasteiger partial charge < -0.3 is 5.11 Å². The van der Waals surface area contributed by atoms with Crippen molar-refractivity contribution in [3.8, 4) is 0 Å². The molecule has 2 rings (SSSR count). The van der Waals surface area contributed by atoms with Crippen molar-refractivity contribution in [1.29, 1.82) is 0 Å². The first kappa shape index (κ1) is 10.4. The van der Waals surface area contributed by atoms with Gasteiger partial charge in [-0.05, 0) is 24.3 Å². The van der Waals surface area contributed by atoms with E-state index >= 15 is 0 Å². The second kappa shape index (κ2) is 3.82. The van der Waals surface area contributed by atoms with Gasteiger partial charge in [-0.15, -0.1) is 0 Å². The van der Waals surface area contributed by atoms with Crippen LogP contribution in [0.1, 0.15) is 19.4 Å². The lowest BCUT2D eigenvalue weighted by Crippen LogP contribution is -2.16. The number of benzene rings is 1. The van der Waals surface area contributed by atoms with Crippen LogP contribution in [0.25, 0.3) is 0 Å². The van der Waals surface area contributed by atoms with Crippen molar-refractivity contribution in [1.82, 2.24) is 0 Å².